The van der Waals surface area contributed by atoms with Crippen LogP contribution in [0.15, 0.2) is 48.5 Å². The first-order valence-corrected chi connectivity index (χ1v) is 9.08. The fourth-order valence-corrected chi connectivity index (χ4v) is 3.17. The van der Waals surface area contributed by atoms with Crippen LogP contribution >= 0.6 is 0 Å². The summed E-state index contributed by atoms with van der Waals surface area (Å²) in [7, 11) is 1.56. The third-order valence-corrected chi connectivity index (χ3v) is 4.60. The number of benzene rings is 2. The minimum atomic E-state index is -0.186. The molecule has 0 aromatic heterocycles. The molecule has 0 unspecified atom stereocenters. The van der Waals surface area contributed by atoms with Gasteiger partial charge in [0, 0.05) is 49.9 Å². The molecule has 28 heavy (non-hydrogen) atoms. The van der Waals surface area contributed by atoms with Gasteiger partial charge in [-0.1, -0.05) is 12.1 Å². The van der Waals surface area contributed by atoms with Crippen molar-refractivity contribution in [1.82, 2.24) is 9.80 Å². The van der Waals surface area contributed by atoms with Gasteiger partial charge in [-0.15, -0.1) is 0 Å². The summed E-state index contributed by atoms with van der Waals surface area (Å²) >= 11 is 0. The quantitative estimate of drug-likeness (QED) is 0.881. The number of carbonyl (C=O) groups excluding carboxylic acids is 3. The molecule has 0 atom stereocenters. The average Bonchev–Trinajstić information content (AvgIpc) is 2.72. The lowest BCUT2D eigenvalue weighted by Gasteiger charge is -2.35. The molecule has 1 heterocycles. The van der Waals surface area contributed by atoms with E-state index in [-0.39, 0.29) is 17.7 Å². The average molecular weight is 381 g/mol. The van der Waals surface area contributed by atoms with Gasteiger partial charge in [0.15, 0.2) is 0 Å². The second kappa shape index (κ2) is 8.56. The number of hydrogen-bond acceptors (Lipinski definition) is 4. The number of ether oxygens (including phenoxy) is 1. The van der Waals surface area contributed by atoms with Crippen LogP contribution in [0.25, 0.3) is 0 Å². The molecule has 1 aliphatic heterocycles. The second-order valence-corrected chi connectivity index (χ2v) is 6.58. The van der Waals surface area contributed by atoms with Crippen molar-refractivity contribution in [1.29, 1.82) is 0 Å². The van der Waals surface area contributed by atoms with E-state index in [1.165, 1.54) is 6.92 Å². The maximum Gasteiger partial charge on any atom is 0.254 e. The van der Waals surface area contributed by atoms with Crippen LogP contribution in [-0.2, 0) is 4.79 Å². The van der Waals surface area contributed by atoms with Crippen LogP contribution in [-0.4, -0.2) is 60.8 Å². The van der Waals surface area contributed by atoms with Crippen molar-refractivity contribution in [3.8, 4) is 5.75 Å². The van der Waals surface area contributed by atoms with Gasteiger partial charge in [0.05, 0.1) is 7.11 Å². The van der Waals surface area contributed by atoms with E-state index in [4.69, 9.17) is 4.74 Å². The number of nitrogens with zero attached hydrogens (tertiary/aromatic N) is 2. The monoisotopic (exact) mass is 381 g/mol. The van der Waals surface area contributed by atoms with E-state index < -0.39 is 0 Å². The minimum absolute atomic E-state index is 0.0707. The summed E-state index contributed by atoms with van der Waals surface area (Å²) in [5.74, 6) is 0.271. The zero-order valence-corrected chi connectivity index (χ0v) is 16.0. The predicted octanol–water partition coefficient (Wildman–Crippen LogP) is 2.25. The number of anilines is 1. The molecule has 7 nitrogen and oxygen atoms in total. The minimum Gasteiger partial charge on any atom is -0.497 e. The van der Waals surface area contributed by atoms with Gasteiger partial charge in [-0.05, 0) is 36.4 Å². The number of hydrogen-bond donors (Lipinski definition) is 1. The summed E-state index contributed by atoms with van der Waals surface area (Å²) < 4.78 is 5.17. The maximum atomic E-state index is 12.8. The van der Waals surface area contributed by atoms with Crippen LogP contribution in [0.4, 0.5) is 5.69 Å². The van der Waals surface area contributed by atoms with Crippen molar-refractivity contribution in [3.05, 3.63) is 59.7 Å². The molecule has 7 heteroatoms. The van der Waals surface area contributed by atoms with Crippen molar-refractivity contribution >= 4 is 23.4 Å². The van der Waals surface area contributed by atoms with Gasteiger partial charge >= 0.3 is 0 Å². The van der Waals surface area contributed by atoms with E-state index in [0.29, 0.717) is 48.7 Å². The van der Waals surface area contributed by atoms with Crippen molar-refractivity contribution in [2.75, 3.05) is 38.6 Å². The first-order valence-electron chi connectivity index (χ1n) is 9.08. The van der Waals surface area contributed by atoms with Gasteiger partial charge in [0.1, 0.15) is 5.75 Å². The molecule has 1 aliphatic rings. The van der Waals surface area contributed by atoms with Crippen molar-refractivity contribution in [2.24, 2.45) is 0 Å². The Morgan fingerprint density at radius 2 is 1.39 bits per heavy atom. The first kappa shape index (κ1) is 19.4. The molecule has 1 N–H and O–H groups in total. The van der Waals surface area contributed by atoms with Crippen LogP contribution < -0.4 is 10.1 Å². The number of carbonyl (C=O) groups is 3. The molecule has 2 aromatic carbocycles. The Hall–Kier alpha value is -3.35. The van der Waals surface area contributed by atoms with E-state index in [1.54, 1.807) is 65.4 Å². The van der Waals surface area contributed by atoms with Gasteiger partial charge in [-0.2, -0.15) is 0 Å². The Bertz CT molecular complexity index is 889. The van der Waals surface area contributed by atoms with Gasteiger partial charge in [-0.3, -0.25) is 14.4 Å². The molecule has 146 valence electrons. The fourth-order valence-electron chi connectivity index (χ4n) is 3.17. The van der Waals surface area contributed by atoms with E-state index in [0.717, 1.165) is 0 Å². The predicted molar refractivity (Wildman–Crippen MR) is 106 cm³/mol. The first-order chi connectivity index (χ1) is 13.5. The van der Waals surface area contributed by atoms with Crippen LogP contribution in [0.2, 0.25) is 0 Å². The van der Waals surface area contributed by atoms with Crippen LogP contribution in [0.3, 0.4) is 0 Å². The molecular formula is C21H23N3O4. The van der Waals surface area contributed by atoms with E-state index in [2.05, 4.69) is 5.32 Å². The Kier molecular flexibility index (Phi) is 5.93. The highest BCUT2D eigenvalue weighted by atomic mass is 16.5. The summed E-state index contributed by atoms with van der Waals surface area (Å²) in [6, 6.07) is 13.9. The van der Waals surface area contributed by atoms with Crippen molar-refractivity contribution < 1.29 is 19.1 Å². The topological polar surface area (TPSA) is 79.0 Å². The molecule has 2 aromatic rings. The maximum absolute atomic E-state index is 12.8. The summed E-state index contributed by atoms with van der Waals surface area (Å²) in [6.07, 6.45) is 0. The highest BCUT2D eigenvalue weighted by molar-refractivity contribution is 5.97. The van der Waals surface area contributed by atoms with Crippen LogP contribution in [0.1, 0.15) is 27.6 Å². The van der Waals surface area contributed by atoms with Gasteiger partial charge in [0.2, 0.25) is 5.91 Å². The Morgan fingerprint density at radius 1 is 0.857 bits per heavy atom. The zero-order valence-electron chi connectivity index (χ0n) is 16.0. The molecule has 1 saturated heterocycles. The lowest BCUT2D eigenvalue weighted by molar-refractivity contribution is -0.114. The molecule has 0 aliphatic carbocycles. The summed E-state index contributed by atoms with van der Waals surface area (Å²) in [5.41, 5.74) is 1.67. The molecule has 0 saturated carbocycles. The number of nitrogens with one attached hydrogen (secondary N) is 1. The molecule has 0 radical (unpaired) electrons. The second-order valence-electron chi connectivity index (χ2n) is 6.58. The zero-order chi connectivity index (χ0) is 20.1. The lowest BCUT2D eigenvalue weighted by Crippen LogP contribution is -2.50. The summed E-state index contributed by atoms with van der Waals surface area (Å²) in [6.45, 7) is 3.27. The SMILES string of the molecule is COc1cccc(C(=O)N2CCN(C(=O)c3cccc(NC(C)=O)c3)CC2)c1. The standard InChI is InChI=1S/C21H23N3O4/c1-15(25)22-18-7-3-5-16(13-18)20(26)23-9-11-24(12-10-23)21(27)17-6-4-8-19(14-17)28-2/h3-8,13-14H,9-12H2,1-2H3,(H,22,25). The van der Waals surface area contributed by atoms with Gasteiger partial charge in [0.25, 0.3) is 11.8 Å². The Labute approximate surface area is 163 Å². The van der Waals surface area contributed by atoms with Crippen LogP contribution in [0.5, 0.6) is 5.75 Å². The fraction of sp³-hybridized carbons (Fsp3) is 0.286. The third kappa shape index (κ3) is 4.49. The molecule has 3 rings (SSSR count). The summed E-state index contributed by atoms with van der Waals surface area (Å²) in [4.78, 5) is 40.1. The van der Waals surface area contributed by atoms with Crippen molar-refractivity contribution in [2.45, 2.75) is 6.92 Å². The van der Waals surface area contributed by atoms with Crippen LogP contribution in [0, 0.1) is 0 Å². The molecular weight excluding hydrogens is 358 g/mol. The van der Waals surface area contributed by atoms with E-state index >= 15 is 0 Å². The smallest absolute Gasteiger partial charge is 0.254 e. The normalized spacial score (nSPS) is 13.8. The Balaban J connectivity index is 1.62. The molecule has 0 bridgehead atoms. The lowest BCUT2D eigenvalue weighted by atomic mass is 10.1. The Morgan fingerprint density at radius 3 is 1.93 bits per heavy atom. The van der Waals surface area contributed by atoms with Gasteiger partial charge in [-0.25, -0.2) is 0 Å². The number of piperazine rings is 1. The van der Waals surface area contributed by atoms with E-state index in [9.17, 15) is 14.4 Å². The highest BCUT2D eigenvalue weighted by Crippen LogP contribution is 2.17. The molecule has 0 spiro atoms. The molecule has 3 amide bonds. The van der Waals surface area contributed by atoms with Crippen molar-refractivity contribution in [3.63, 3.8) is 0 Å². The van der Waals surface area contributed by atoms with E-state index in [1.807, 2.05) is 0 Å². The number of methoxy groups -OCH3 is 1. The third-order valence-electron chi connectivity index (χ3n) is 4.60. The largest absolute Gasteiger partial charge is 0.497 e. The number of amides is 3. The highest BCUT2D eigenvalue weighted by Gasteiger charge is 2.25. The summed E-state index contributed by atoms with van der Waals surface area (Å²) in [5, 5.41) is 2.68. The molecule has 1 fully saturated rings. The number of rotatable bonds is 4. The van der Waals surface area contributed by atoms with Gasteiger partial charge < -0.3 is 19.9 Å².